The first kappa shape index (κ1) is 22.0. The molecule has 2 aromatic carbocycles. The van der Waals surface area contributed by atoms with E-state index in [1.807, 2.05) is 41.0 Å². The van der Waals surface area contributed by atoms with Crippen LogP contribution < -0.4 is 9.80 Å². The topological polar surface area (TPSA) is 71.3 Å². The van der Waals surface area contributed by atoms with Crippen LogP contribution in [0.5, 0.6) is 0 Å². The lowest BCUT2D eigenvalue weighted by molar-refractivity contribution is -0.117. The van der Waals surface area contributed by atoms with Gasteiger partial charge < -0.3 is 9.80 Å². The summed E-state index contributed by atoms with van der Waals surface area (Å²) in [4.78, 5) is 28.8. The number of thioether (sulfide) groups is 1. The van der Waals surface area contributed by atoms with Crippen LogP contribution in [0.4, 0.5) is 11.6 Å². The molecule has 2 aliphatic rings. The Bertz CT molecular complexity index is 1170. The molecule has 0 aliphatic carbocycles. The number of carbonyl (C=O) groups is 2. The van der Waals surface area contributed by atoms with Gasteiger partial charge in [0.1, 0.15) is 0 Å². The van der Waals surface area contributed by atoms with E-state index in [0.29, 0.717) is 22.2 Å². The zero-order valence-corrected chi connectivity index (χ0v) is 19.7. The molecule has 33 heavy (non-hydrogen) atoms. The Balaban J connectivity index is 1.35. The Morgan fingerprint density at radius 2 is 1.73 bits per heavy atom. The van der Waals surface area contributed by atoms with E-state index in [0.717, 1.165) is 56.2 Å². The number of nitrogens with zero attached hydrogens (tertiary/aromatic N) is 5. The smallest absolute Gasteiger partial charge is 0.232 e. The second-order valence-corrected chi connectivity index (χ2v) is 9.52. The number of hydrogen-bond donors (Lipinski definition) is 0. The fourth-order valence-corrected chi connectivity index (χ4v) is 5.34. The van der Waals surface area contributed by atoms with Gasteiger partial charge in [0, 0.05) is 37.3 Å². The van der Waals surface area contributed by atoms with Gasteiger partial charge in [-0.25, -0.2) is 0 Å². The molecule has 3 aromatic rings. The molecular weight excluding hydrogens is 458 g/mol. The predicted octanol–water partition coefficient (Wildman–Crippen LogP) is 4.62. The number of halogens is 1. The van der Waals surface area contributed by atoms with Crippen LogP contribution in [0.3, 0.4) is 0 Å². The van der Waals surface area contributed by atoms with Crippen molar-refractivity contribution in [2.24, 2.45) is 0 Å². The maximum atomic E-state index is 12.9. The van der Waals surface area contributed by atoms with Gasteiger partial charge in [-0.3, -0.25) is 14.2 Å². The third kappa shape index (κ3) is 4.50. The summed E-state index contributed by atoms with van der Waals surface area (Å²) in [5.41, 5.74) is 2.26. The van der Waals surface area contributed by atoms with Gasteiger partial charge in [-0.1, -0.05) is 35.5 Å². The molecular formula is C24H24ClN5O2S. The highest BCUT2D eigenvalue weighted by molar-refractivity contribution is 7.99. The van der Waals surface area contributed by atoms with Crippen LogP contribution in [0.2, 0.25) is 5.02 Å². The SMILES string of the molecule is O=C(CSc1nnc(N2CCCC2)n1-c1ccccc1Cl)c1ccc(N2CCCC2=O)cc1. The van der Waals surface area contributed by atoms with E-state index in [9.17, 15) is 9.59 Å². The molecule has 7 nitrogen and oxygen atoms in total. The Morgan fingerprint density at radius 3 is 2.42 bits per heavy atom. The standard InChI is InChI=1S/C24H24ClN5O2S/c25-19-6-1-2-7-20(19)30-23(28-13-3-4-14-28)26-27-24(30)33-16-21(31)17-9-11-18(12-10-17)29-15-5-8-22(29)32/h1-2,6-7,9-12H,3-5,8,13-16H2. The van der Waals surface area contributed by atoms with Crippen molar-refractivity contribution in [1.29, 1.82) is 0 Å². The summed E-state index contributed by atoms with van der Waals surface area (Å²) >= 11 is 7.86. The number of carbonyl (C=O) groups excluding carboxylic acids is 2. The average molecular weight is 482 g/mol. The number of anilines is 2. The van der Waals surface area contributed by atoms with Gasteiger partial charge in [-0.15, -0.1) is 10.2 Å². The third-order valence-electron chi connectivity index (χ3n) is 6.01. The fraction of sp³-hybridized carbons (Fsp3) is 0.333. The molecule has 3 heterocycles. The average Bonchev–Trinajstić information content (AvgIpc) is 3.59. The minimum atomic E-state index is -0.00395. The van der Waals surface area contributed by atoms with Crippen molar-refractivity contribution in [3.8, 4) is 5.69 Å². The van der Waals surface area contributed by atoms with Crippen molar-refractivity contribution in [2.75, 3.05) is 35.2 Å². The summed E-state index contributed by atoms with van der Waals surface area (Å²) in [5.74, 6) is 1.12. The lowest BCUT2D eigenvalue weighted by Crippen LogP contribution is -2.23. The molecule has 0 saturated carbocycles. The van der Waals surface area contributed by atoms with Gasteiger partial charge in [-0.05, 0) is 55.7 Å². The first-order chi connectivity index (χ1) is 16.1. The molecule has 1 aromatic heterocycles. The lowest BCUT2D eigenvalue weighted by Gasteiger charge is -2.19. The molecule has 2 fully saturated rings. The second-order valence-electron chi connectivity index (χ2n) is 8.17. The van der Waals surface area contributed by atoms with Crippen LogP contribution in [-0.2, 0) is 4.79 Å². The van der Waals surface area contributed by atoms with E-state index in [2.05, 4.69) is 15.1 Å². The summed E-state index contributed by atoms with van der Waals surface area (Å²) < 4.78 is 1.95. The van der Waals surface area contributed by atoms with Crippen molar-refractivity contribution in [3.05, 3.63) is 59.1 Å². The molecule has 0 radical (unpaired) electrons. The molecule has 0 bridgehead atoms. The van der Waals surface area contributed by atoms with E-state index < -0.39 is 0 Å². The number of Topliss-reactive ketones (excluding diaryl/α,β-unsaturated/α-hetero) is 1. The van der Waals surface area contributed by atoms with Crippen molar-refractivity contribution >= 4 is 46.7 Å². The van der Waals surface area contributed by atoms with Crippen LogP contribution in [0.15, 0.2) is 53.7 Å². The molecule has 1 amide bonds. The number of para-hydroxylation sites is 1. The molecule has 2 saturated heterocycles. The Kier molecular flexibility index (Phi) is 6.37. The first-order valence-electron chi connectivity index (χ1n) is 11.1. The summed E-state index contributed by atoms with van der Waals surface area (Å²) in [6, 6.07) is 14.9. The normalized spacial score (nSPS) is 16.1. The quantitative estimate of drug-likeness (QED) is 0.362. The second kappa shape index (κ2) is 9.57. The fourth-order valence-electron chi connectivity index (χ4n) is 4.28. The highest BCUT2D eigenvalue weighted by atomic mass is 35.5. The maximum absolute atomic E-state index is 12.9. The summed E-state index contributed by atoms with van der Waals surface area (Å²) in [5, 5.41) is 10.1. The number of hydrogen-bond acceptors (Lipinski definition) is 6. The minimum absolute atomic E-state index is 0.00395. The van der Waals surface area contributed by atoms with E-state index in [1.165, 1.54) is 11.8 Å². The Morgan fingerprint density at radius 1 is 0.970 bits per heavy atom. The van der Waals surface area contributed by atoms with Crippen molar-refractivity contribution < 1.29 is 9.59 Å². The predicted molar refractivity (Wildman–Crippen MR) is 131 cm³/mol. The van der Waals surface area contributed by atoms with Gasteiger partial charge in [0.25, 0.3) is 0 Å². The highest BCUT2D eigenvalue weighted by Gasteiger charge is 2.25. The first-order valence-corrected chi connectivity index (χ1v) is 12.5. The van der Waals surface area contributed by atoms with E-state index in [-0.39, 0.29) is 17.4 Å². The summed E-state index contributed by atoms with van der Waals surface area (Å²) in [6.07, 6.45) is 3.70. The number of ketones is 1. The summed E-state index contributed by atoms with van der Waals surface area (Å²) in [6.45, 7) is 2.59. The summed E-state index contributed by atoms with van der Waals surface area (Å²) in [7, 11) is 0. The van der Waals surface area contributed by atoms with Gasteiger partial charge in [-0.2, -0.15) is 0 Å². The number of rotatable bonds is 7. The Hall–Kier alpha value is -2.84. The minimum Gasteiger partial charge on any atom is -0.341 e. The van der Waals surface area contributed by atoms with Gasteiger partial charge in [0.2, 0.25) is 11.9 Å². The van der Waals surface area contributed by atoms with Gasteiger partial charge in [0.05, 0.1) is 16.5 Å². The number of amides is 1. The van der Waals surface area contributed by atoms with Crippen LogP contribution in [0.1, 0.15) is 36.0 Å². The van der Waals surface area contributed by atoms with Crippen LogP contribution in [0, 0.1) is 0 Å². The largest absolute Gasteiger partial charge is 0.341 e. The zero-order valence-electron chi connectivity index (χ0n) is 18.1. The van der Waals surface area contributed by atoms with Crippen molar-refractivity contribution in [1.82, 2.24) is 14.8 Å². The molecule has 5 rings (SSSR count). The molecule has 0 atom stereocenters. The lowest BCUT2D eigenvalue weighted by atomic mass is 10.1. The third-order valence-corrected chi connectivity index (χ3v) is 7.25. The van der Waals surface area contributed by atoms with Crippen LogP contribution >= 0.6 is 23.4 Å². The molecule has 9 heteroatoms. The van der Waals surface area contributed by atoms with E-state index in [1.54, 1.807) is 17.0 Å². The highest BCUT2D eigenvalue weighted by Crippen LogP contribution is 2.32. The molecule has 2 aliphatic heterocycles. The number of aromatic nitrogens is 3. The molecule has 0 unspecified atom stereocenters. The van der Waals surface area contributed by atoms with Crippen molar-refractivity contribution in [2.45, 2.75) is 30.8 Å². The van der Waals surface area contributed by atoms with Crippen LogP contribution in [-0.4, -0.2) is 51.8 Å². The monoisotopic (exact) mass is 481 g/mol. The Labute approximate surface area is 201 Å². The van der Waals surface area contributed by atoms with Gasteiger partial charge >= 0.3 is 0 Å². The van der Waals surface area contributed by atoms with Crippen LogP contribution in [0.25, 0.3) is 5.69 Å². The zero-order chi connectivity index (χ0) is 22.8. The molecule has 0 N–H and O–H groups in total. The van der Waals surface area contributed by atoms with E-state index in [4.69, 9.17) is 11.6 Å². The maximum Gasteiger partial charge on any atom is 0.232 e. The molecule has 0 spiro atoms. The number of benzene rings is 2. The van der Waals surface area contributed by atoms with Gasteiger partial charge in [0.15, 0.2) is 10.9 Å². The van der Waals surface area contributed by atoms with E-state index >= 15 is 0 Å². The van der Waals surface area contributed by atoms with Crippen molar-refractivity contribution in [3.63, 3.8) is 0 Å². The molecule has 170 valence electrons.